The SMILES string of the molecule is COCc1cc(COC)c(OS(=O)(=O)C(F)(F)C(F)(F)C(F)(F)S(=O)(=O)O)c(COC)c1. The Morgan fingerprint density at radius 3 is 1.53 bits per heavy atom. The summed E-state index contributed by atoms with van der Waals surface area (Å²) in [5, 5.41) is -13.7. The number of hydrogen-bond acceptors (Lipinski definition) is 8. The van der Waals surface area contributed by atoms with Crippen molar-refractivity contribution < 1.29 is 66.1 Å². The van der Waals surface area contributed by atoms with Crippen molar-refractivity contribution in [1.82, 2.24) is 0 Å². The second-order valence-corrected chi connectivity index (χ2v) is 9.21. The summed E-state index contributed by atoms with van der Waals surface area (Å²) in [4.78, 5) is 0. The molecule has 1 aromatic carbocycles. The highest BCUT2D eigenvalue weighted by Gasteiger charge is 2.83. The lowest BCUT2D eigenvalue weighted by atomic mass is 10.0. The zero-order valence-electron chi connectivity index (χ0n) is 16.6. The molecule has 32 heavy (non-hydrogen) atoms. The van der Waals surface area contributed by atoms with Gasteiger partial charge in [0.05, 0.1) is 19.8 Å². The van der Waals surface area contributed by atoms with E-state index in [0.29, 0.717) is 5.56 Å². The minimum absolute atomic E-state index is 0.0741. The monoisotopic (exact) mass is 520 g/mol. The number of ether oxygens (including phenoxy) is 3. The molecule has 9 nitrogen and oxygen atoms in total. The topological polar surface area (TPSA) is 125 Å². The molecule has 0 radical (unpaired) electrons. The summed E-state index contributed by atoms with van der Waals surface area (Å²) in [6.07, 6.45) is 0. The molecule has 0 aliphatic heterocycles. The predicted octanol–water partition coefficient (Wildman–Crippen LogP) is 2.54. The molecular weight excluding hydrogens is 502 g/mol. The highest BCUT2D eigenvalue weighted by Crippen LogP contribution is 2.51. The van der Waals surface area contributed by atoms with Crippen molar-refractivity contribution in [3.63, 3.8) is 0 Å². The second-order valence-electron chi connectivity index (χ2n) is 6.16. The summed E-state index contributed by atoms with van der Waals surface area (Å²) in [7, 11) is -10.7. The molecule has 1 N–H and O–H groups in total. The molecule has 0 spiro atoms. The van der Waals surface area contributed by atoms with E-state index in [-0.39, 0.29) is 17.7 Å². The Labute approximate surface area is 179 Å². The Hall–Kier alpha value is -1.66. The Kier molecular flexibility index (Phi) is 8.58. The number of methoxy groups -OCH3 is 3. The van der Waals surface area contributed by atoms with Crippen LogP contribution in [-0.4, -0.2) is 59.1 Å². The van der Waals surface area contributed by atoms with Crippen LogP contribution in [0.3, 0.4) is 0 Å². The molecule has 0 saturated carbocycles. The molecule has 0 atom stereocenters. The fourth-order valence-electron chi connectivity index (χ4n) is 2.36. The van der Waals surface area contributed by atoms with Gasteiger partial charge in [-0.3, -0.25) is 4.55 Å². The lowest BCUT2D eigenvalue weighted by Crippen LogP contribution is -2.61. The van der Waals surface area contributed by atoms with Crippen molar-refractivity contribution >= 4 is 20.2 Å². The van der Waals surface area contributed by atoms with Crippen LogP contribution >= 0.6 is 0 Å². The molecule has 0 heterocycles. The van der Waals surface area contributed by atoms with E-state index < -0.39 is 55.6 Å². The summed E-state index contributed by atoms with van der Waals surface area (Å²) in [6.45, 7) is -1.10. The molecule has 0 fully saturated rings. The maximum Gasteiger partial charge on any atom is 0.450 e. The first kappa shape index (κ1) is 28.4. The van der Waals surface area contributed by atoms with Gasteiger partial charge >= 0.3 is 36.7 Å². The van der Waals surface area contributed by atoms with Crippen molar-refractivity contribution in [3.05, 3.63) is 28.8 Å². The first-order chi connectivity index (χ1) is 14.4. The Morgan fingerprint density at radius 1 is 0.781 bits per heavy atom. The largest absolute Gasteiger partial charge is 0.450 e. The number of rotatable bonds is 12. The molecular formula is C15H18F6O9S2. The number of hydrogen-bond donors (Lipinski definition) is 1. The molecule has 17 heteroatoms. The molecule has 186 valence electrons. The number of halogens is 6. The predicted molar refractivity (Wildman–Crippen MR) is 94.5 cm³/mol. The fraction of sp³-hybridized carbons (Fsp3) is 0.600. The first-order valence-electron chi connectivity index (χ1n) is 8.07. The average Bonchev–Trinajstić information content (AvgIpc) is 2.63. The summed E-state index contributed by atoms with van der Waals surface area (Å²) in [5.41, 5.74) is -0.261. The summed E-state index contributed by atoms with van der Waals surface area (Å²) < 4.78 is 154. The van der Waals surface area contributed by atoms with Crippen molar-refractivity contribution in [2.75, 3.05) is 21.3 Å². The van der Waals surface area contributed by atoms with Gasteiger partial charge in [-0.25, -0.2) is 0 Å². The molecule has 0 unspecified atom stereocenters. The van der Waals surface area contributed by atoms with Gasteiger partial charge in [0.1, 0.15) is 0 Å². The minimum Gasteiger partial charge on any atom is -0.380 e. The van der Waals surface area contributed by atoms with Crippen molar-refractivity contribution in [2.24, 2.45) is 0 Å². The van der Waals surface area contributed by atoms with Crippen LogP contribution in [0.25, 0.3) is 0 Å². The highest BCUT2D eigenvalue weighted by atomic mass is 32.2. The number of benzene rings is 1. The van der Waals surface area contributed by atoms with Crippen molar-refractivity contribution in [2.45, 2.75) is 36.3 Å². The van der Waals surface area contributed by atoms with Crippen LogP contribution in [-0.2, 0) is 54.3 Å². The smallest absolute Gasteiger partial charge is 0.380 e. The van der Waals surface area contributed by atoms with Gasteiger partial charge in [0.2, 0.25) is 0 Å². The van der Waals surface area contributed by atoms with Crippen LogP contribution in [0, 0.1) is 0 Å². The number of alkyl halides is 6. The first-order valence-corrected chi connectivity index (χ1v) is 10.9. The summed E-state index contributed by atoms with van der Waals surface area (Å²) >= 11 is 0. The van der Waals surface area contributed by atoms with Gasteiger partial charge < -0.3 is 18.4 Å². The molecule has 0 aromatic heterocycles. The van der Waals surface area contributed by atoms with Crippen molar-refractivity contribution in [3.8, 4) is 5.75 Å². The second kappa shape index (κ2) is 9.68. The zero-order valence-corrected chi connectivity index (χ0v) is 18.2. The molecule has 0 bridgehead atoms. The highest BCUT2D eigenvalue weighted by molar-refractivity contribution is 7.88. The van der Waals surface area contributed by atoms with E-state index in [0.717, 1.165) is 26.4 Å². The van der Waals surface area contributed by atoms with Gasteiger partial charge in [0.15, 0.2) is 5.75 Å². The van der Waals surface area contributed by atoms with Gasteiger partial charge in [-0.1, -0.05) is 0 Å². The Bertz CT molecular complexity index is 999. The third-order valence-electron chi connectivity index (χ3n) is 3.78. The van der Waals surface area contributed by atoms with E-state index in [9.17, 15) is 43.2 Å². The Morgan fingerprint density at radius 2 is 1.19 bits per heavy atom. The van der Waals surface area contributed by atoms with Gasteiger partial charge in [0.25, 0.3) is 0 Å². The Balaban J connectivity index is 3.67. The van der Waals surface area contributed by atoms with Gasteiger partial charge in [-0.05, 0) is 17.7 Å². The maximum atomic E-state index is 14.1. The molecule has 0 aliphatic carbocycles. The van der Waals surface area contributed by atoms with E-state index in [1.54, 1.807) is 0 Å². The normalized spacial score (nSPS) is 13.9. The molecule has 0 amide bonds. The standard InChI is InChI=1S/C15H18F6O9S2/c1-27-6-9-4-10(7-28-2)12(11(5-9)8-29-3)30-32(25,26)15(20,21)13(16,17)14(18,19)31(22,23)24/h4-5H,6-8H2,1-3H3,(H,22,23,24). The van der Waals surface area contributed by atoms with Crippen LogP contribution in [0.1, 0.15) is 16.7 Å². The zero-order chi connectivity index (χ0) is 25.2. The quantitative estimate of drug-likeness (QED) is 0.251. The van der Waals surface area contributed by atoms with Crippen molar-refractivity contribution in [1.29, 1.82) is 0 Å². The van der Waals surface area contributed by atoms with Crippen LogP contribution in [0.5, 0.6) is 5.75 Å². The van der Waals surface area contributed by atoms with E-state index in [1.165, 1.54) is 7.11 Å². The third-order valence-corrected chi connectivity index (χ3v) is 5.95. The van der Waals surface area contributed by atoms with Crippen LogP contribution in [0.2, 0.25) is 0 Å². The van der Waals surface area contributed by atoms with E-state index >= 15 is 0 Å². The van der Waals surface area contributed by atoms with Gasteiger partial charge in [-0.15, -0.1) is 0 Å². The third kappa shape index (κ3) is 5.12. The molecule has 0 aliphatic rings. The summed E-state index contributed by atoms with van der Waals surface area (Å²) in [5.74, 6) is -8.13. The van der Waals surface area contributed by atoms with Crippen LogP contribution in [0.15, 0.2) is 12.1 Å². The van der Waals surface area contributed by atoms with E-state index in [2.05, 4.69) is 4.18 Å². The van der Waals surface area contributed by atoms with Gasteiger partial charge in [0, 0.05) is 32.5 Å². The van der Waals surface area contributed by atoms with Crippen LogP contribution in [0.4, 0.5) is 26.3 Å². The molecule has 0 saturated heterocycles. The molecule has 1 aromatic rings. The maximum absolute atomic E-state index is 14.1. The van der Waals surface area contributed by atoms with Crippen LogP contribution < -0.4 is 4.18 Å². The fourth-order valence-corrected chi connectivity index (χ4v) is 3.86. The lowest BCUT2D eigenvalue weighted by molar-refractivity contribution is -0.247. The lowest BCUT2D eigenvalue weighted by Gasteiger charge is -2.30. The van der Waals surface area contributed by atoms with E-state index in [1.807, 2.05) is 0 Å². The van der Waals surface area contributed by atoms with E-state index in [4.69, 9.17) is 18.8 Å². The minimum atomic E-state index is -7.16. The van der Waals surface area contributed by atoms with Gasteiger partial charge in [-0.2, -0.15) is 43.2 Å². The molecule has 1 rings (SSSR count). The average molecular weight is 520 g/mol. The summed E-state index contributed by atoms with van der Waals surface area (Å²) in [6, 6.07) is 2.28.